The van der Waals surface area contributed by atoms with Gasteiger partial charge in [-0.1, -0.05) is 97.8 Å². The number of nitrogens with zero attached hydrogens (tertiary/aromatic N) is 2. The lowest BCUT2D eigenvalue weighted by Gasteiger charge is -2.39. The summed E-state index contributed by atoms with van der Waals surface area (Å²) in [4.78, 5) is 15.1. The normalized spacial score (nSPS) is 17.4. The molecule has 0 radical (unpaired) electrons. The molecule has 0 aromatic carbocycles. The van der Waals surface area contributed by atoms with Gasteiger partial charge in [0, 0.05) is 38.8 Å². The predicted octanol–water partition coefficient (Wildman–Crippen LogP) is 7.41. The van der Waals surface area contributed by atoms with Crippen molar-refractivity contribution in [1.82, 2.24) is 9.80 Å². The zero-order chi connectivity index (χ0) is 24.9. The second kappa shape index (κ2) is 21.1. The van der Waals surface area contributed by atoms with Gasteiger partial charge in [0.15, 0.2) is 0 Å². The minimum atomic E-state index is -3.91. The lowest BCUT2D eigenvalue weighted by Crippen LogP contribution is -2.50. The van der Waals surface area contributed by atoms with Crippen molar-refractivity contribution in [2.24, 2.45) is 0 Å². The highest BCUT2D eigenvalue weighted by Crippen LogP contribution is 2.43. The Bertz CT molecular complexity index is 491. The fraction of sp³-hybridized carbons (Fsp3) is 1.00. The first-order valence-corrected chi connectivity index (χ1v) is 16.1. The molecule has 0 saturated carbocycles. The molecule has 1 atom stereocenters. The smallest absolute Gasteiger partial charge is 0.302 e. The van der Waals surface area contributed by atoms with E-state index < -0.39 is 7.82 Å². The average Bonchev–Trinajstić information content (AvgIpc) is 2.83. The standard InChI is InChI=1S/C27H57N2O4P/c1-4-7-10-11-12-13-16-25-32-34(30,31)33-26-17-20-28-21-23-29(24-22-28)27(18-14-8-5-2)19-15-9-6-3/h27H,4-26H2,1-3H3,(H,30,31). The van der Waals surface area contributed by atoms with E-state index in [1.165, 1.54) is 83.5 Å². The lowest BCUT2D eigenvalue weighted by atomic mass is 9.99. The van der Waals surface area contributed by atoms with E-state index in [-0.39, 0.29) is 6.61 Å². The summed E-state index contributed by atoms with van der Waals surface area (Å²) in [6.07, 6.45) is 19.6. The number of hydrogen-bond acceptors (Lipinski definition) is 5. The molecule has 1 N–H and O–H groups in total. The molecule has 0 bridgehead atoms. The van der Waals surface area contributed by atoms with Crippen LogP contribution in [0.2, 0.25) is 0 Å². The number of hydrogen-bond donors (Lipinski definition) is 1. The SMILES string of the molecule is CCCCCCCCCOP(=O)(O)OCCCN1CCN(C(CCCCC)CCCCC)CC1. The summed E-state index contributed by atoms with van der Waals surface area (Å²) in [6, 6.07) is 0.748. The summed E-state index contributed by atoms with van der Waals surface area (Å²) in [5.74, 6) is 0. The first kappa shape index (κ1) is 32.1. The van der Waals surface area contributed by atoms with Crippen LogP contribution in [-0.4, -0.2) is 66.7 Å². The van der Waals surface area contributed by atoms with Gasteiger partial charge < -0.3 is 9.79 Å². The zero-order valence-corrected chi connectivity index (χ0v) is 23.7. The summed E-state index contributed by atoms with van der Waals surface area (Å²) in [6.45, 7) is 12.7. The summed E-state index contributed by atoms with van der Waals surface area (Å²) in [5, 5.41) is 0. The average molecular weight is 505 g/mol. The third-order valence-corrected chi connectivity index (χ3v) is 8.10. The van der Waals surface area contributed by atoms with Crippen LogP contribution in [-0.2, 0) is 13.6 Å². The van der Waals surface area contributed by atoms with Crippen LogP contribution in [0.3, 0.4) is 0 Å². The monoisotopic (exact) mass is 504 g/mol. The van der Waals surface area contributed by atoms with Crippen LogP contribution in [0.15, 0.2) is 0 Å². The van der Waals surface area contributed by atoms with E-state index in [1.54, 1.807) is 0 Å². The van der Waals surface area contributed by atoms with Gasteiger partial charge >= 0.3 is 7.82 Å². The van der Waals surface area contributed by atoms with Crippen LogP contribution in [0, 0.1) is 0 Å². The Morgan fingerprint density at radius 2 is 1.15 bits per heavy atom. The van der Waals surface area contributed by atoms with Gasteiger partial charge in [-0.25, -0.2) is 4.57 Å². The van der Waals surface area contributed by atoms with Crippen molar-refractivity contribution < 1.29 is 18.5 Å². The lowest BCUT2D eigenvalue weighted by molar-refractivity contribution is 0.0799. The van der Waals surface area contributed by atoms with Crippen LogP contribution < -0.4 is 0 Å². The van der Waals surface area contributed by atoms with Crippen molar-refractivity contribution in [1.29, 1.82) is 0 Å². The molecule has 0 aromatic heterocycles. The second-order valence-corrected chi connectivity index (χ2v) is 11.6. The van der Waals surface area contributed by atoms with E-state index in [9.17, 15) is 9.46 Å². The molecule has 0 aliphatic carbocycles. The molecule has 1 saturated heterocycles. The highest BCUT2D eigenvalue weighted by molar-refractivity contribution is 7.47. The molecule has 6 nitrogen and oxygen atoms in total. The topological polar surface area (TPSA) is 62.2 Å². The van der Waals surface area contributed by atoms with Gasteiger partial charge in [-0.3, -0.25) is 13.9 Å². The molecule has 0 spiro atoms. The van der Waals surface area contributed by atoms with Crippen molar-refractivity contribution in [3.05, 3.63) is 0 Å². The van der Waals surface area contributed by atoms with E-state index in [1.807, 2.05) is 0 Å². The molecule has 0 aromatic rings. The molecule has 7 heteroatoms. The van der Waals surface area contributed by atoms with Crippen LogP contribution in [0.5, 0.6) is 0 Å². The summed E-state index contributed by atoms with van der Waals surface area (Å²) >= 11 is 0. The summed E-state index contributed by atoms with van der Waals surface area (Å²) in [7, 11) is -3.91. The summed E-state index contributed by atoms with van der Waals surface area (Å²) < 4.78 is 22.4. The molecule has 0 amide bonds. The van der Waals surface area contributed by atoms with Crippen LogP contribution in [0.1, 0.15) is 124 Å². The van der Waals surface area contributed by atoms with E-state index >= 15 is 0 Å². The number of rotatable bonds is 23. The number of unbranched alkanes of at least 4 members (excludes halogenated alkanes) is 10. The van der Waals surface area contributed by atoms with Crippen molar-refractivity contribution in [2.45, 2.75) is 130 Å². The van der Waals surface area contributed by atoms with Gasteiger partial charge in [0.25, 0.3) is 0 Å². The first-order valence-electron chi connectivity index (χ1n) is 14.6. The van der Waals surface area contributed by atoms with E-state index in [4.69, 9.17) is 9.05 Å². The van der Waals surface area contributed by atoms with E-state index in [0.29, 0.717) is 6.61 Å². The molecule has 204 valence electrons. The molecule has 34 heavy (non-hydrogen) atoms. The van der Waals surface area contributed by atoms with Crippen molar-refractivity contribution in [3.63, 3.8) is 0 Å². The highest BCUT2D eigenvalue weighted by atomic mass is 31.2. The Kier molecular flexibility index (Phi) is 19.9. The highest BCUT2D eigenvalue weighted by Gasteiger charge is 2.24. The Hall–Kier alpha value is 0.0300. The number of phosphoric ester groups is 1. The maximum absolute atomic E-state index is 12.1. The third kappa shape index (κ3) is 16.7. The quantitative estimate of drug-likeness (QED) is 0.115. The molecule has 1 heterocycles. The van der Waals surface area contributed by atoms with Crippen molar-refractivity contribution >= 4 is 7.82 Å². The Balaban J connectivity index is 2.14. The van der Waals surface area contributed by atoms with Gasteiger partial charge in [-0.05, 0) is 25.7 Å². The van der Waals surface area contributed by atoms with E-state index in [2.05, 4.69) is 30.6 Å². The molecule has 1 aliphatic heterocycles. The fourth-order valence-electron chi connectivity index (χ4n) is 4.87. The second-order valence-electron chi connectivity index (χ2n) is 10.1. The Labute approximate surface area is 211 Å². The summed E-state index contributed by atoms with van der Waals surface area (Å²) in [5.41, 5.74) is 0. The predicted molar refractivity (Wildman–Crippen MR) is 144 cm³/mol. The minimum absolute atomic E-state index is 0.279. The van der Waals surface area contributed by atoms with Crippen LogP contribution >= 0.6 is 7.82 Å². The van der Waals surface area contributed by atoms with Crippen LogP contribution in [0.25, 0.3) is 0 Å². The van der Waals surface area contributed by atoms with Crippen molar-refractivity contribution in [3.8, 4) is 0 Å². The maximum atomic E-state index is 12.1. The molecule has 1 unspecified atom stereocenters. The molecule has 1 fully saturated rings. The fourth-order valence-corrected chi connectivity index (χ4v) is 5.66. The number of piperazine rings is 1. The molecular weight excluding hydrogens is 447 g/mol. The van der Waals surface area contributed by atoms with Crippen LogP contribution in [0.4, 0.5) is 0 Å². The maximum Gasteiger partial charge on any atom is 0.472 e. The Morgan fingerprint density at radius 3 is 1.71 bits per heavy atom. The molecule has 1 rings (SSSR count). The number of phosphoric acid groups is 1. The third-order valence-electron chi connectivity index (χ3n) is 7.08. The minimum Gasteiger partial charge on any atom is -0.302 e. The van der Waals surface area contributed by atoms with Gasteiger partial charge in [0.05, 0.1) is 13.2 Å². The molecule has 1 aliphatic rings. The van der Waals surface area contributed by atoms with Gasteiger partial charge in [0.1, 0.15) is 0 Å². The van der Waals surface area contributed by atoms with E-state index in [0.717, 1.165) is 58.0 Å². The van der Waals surface area contributed by atoms with Gasteiger partial charge in [0.2, 0.25) is 0 Å². The zero-order valence-electron chi connectivity index (χ0n) is 22.9. The molecular formula is C27H57N2O4P. The van der Waals surface area contributed by atoms with Gasteiger partial charge in [-0.2, -0.15) is 0 Å². The van der Waals surface area contributed by atoms with Crippen molar-refractivity contribution in [2.75, 3.05) is 45.9 Å². The first-order chi connectivity index (χ1) is 16.5. The van der Waals surface area contributed by atoms with Gasteiger partial charge in [-0.15, -0.1) is 0 Å². The Morgan fingerprint density at radius 1 is 0.676 bits per heavy atom. The largest absolute Gasteiger partial charge is 0.472 e.